The summed E-state index contributed by atoms with van der Waals surface area (Å²) in [5, 5.41) is 14.2. The summed E-state index contributed by atoms with van der Waals surface area (Å²) < 4.78 is 86.8. The molecule has 71 heavy (non-hydrogen) atoms. The molecule has 0 unspecified atom stereocenters. The van der Waals surface area contributed by atoms with Crippen molar-refractivity contribution in [2.45, 2.75) is 136 Å². The van der Waals surface area contributed by atoms with Crippen molar-refractivity contribution < 1.29 is 30.4 Å². The Morgan fingerprint density at radius 2 is 1.31 bits per heavy atom. The summed E-state index contributed by atoms with van der Waals surface area (Å²) in [7, 11) is 0.750. The van der Waals surface area contributed by atoms with Gasteiger partial charge in [0.25, 0.3) is 24.2 Å². The summed E-state index contributed by atoms with van der Waals surface area (Å²) in [4.78, 5) is 13.5. The lowest BCUT2D eigenvalue weighted by Crippen LogP contribution is -2.60. The number of aromatic nitrogens is 3. The summed E-state index contributed by atoms with van der Waals surface area (Å²) in [6, 6.07) is 6.94. The summed E-state index contributed by atoms with van der Waals surface area (Å²) in [5.41, 5.74) is 8.13. The number of likely N-dealkylation sites (tertiary alicyclic amines) is 2. The number of rotatable bonds is 14. The molecule has 3 aromatic rings. The lowest BCUT2D eigenvalue weighted by atomic mass is 9.81. The van der Waals surface area contributed by atoms with E-state index in [1.165, 1.54) is 65.9 Å². The maximum absolute atomic E-state index is 14.2. The number of aliphatic imine (C=N–C) groups is 1. The van der Waals surface area contributed by atoms with Crippen molar-refractivity contribution in [1.82, 2.24) is 39.6 Å². The zero-order valence-electron chi connectivity index (χ0n) is 44.1. The lowest BCUT2D eigenvalue weighted by molar-refractivity contribution is 0.0792. The highest BCUT2D eigenvalue weighted by Crippen LogP contribution is 2.42. The van der Waals surface area contributed by atoms with Gasteiger partial charge < -0.3 is 25.2 Å². The second-order valence-electron chi connectivity index (χ2n) is 22.8. The summed E-state index contributed by atoms with van der Waals surface area (Å²) >= 11 is 0. The van der Waals surface area contributed by atoms with E-state index in [1.54, 1.807) is 0 Å². The normalized spacial score (nSPS) is 19.8. The monoisotopic (exact) mass is 1070 g/mol. The predicted molar refractivity (Wildman–Crippen MR) is 284 cm³/mol. The number of benzene rings is 2. The van der Waals surface area contributed by atoms with Gasteiger partial charge in [0, 0.05) is 81.1 Å². The average Bonchev–Trinajstić information content (AvgIpc) is 4.06. The van der Waals surface area contributed by atoms with Crippen molar-refractivity contribution >= 4 is 66.0 Å². The molecule has 8 rings (SSSR count). The van der Waals surface area contributed by atoms with Crippen LogP contribution in [0.25, 0.3) is 0 Å². The van der Waals surface area contributed by atoms with Crippen LogP contribution in [0.3, 0.4) is 0 Å². The first-order chi connectivity index (χ1) is 33.0. The number of hydrazone groups is 1. The van der Waals surface area contributed by atoms with Crippen LogP contribution < -0.4 is 16.1 Å². The standard InChI is InChI=1S/C22H32FN5O2S.C20H32ClFN4O3SSi.C7H14N2/c1-14(2)17-8-16(23)9-18(15(3)4)21(17)24-19-10-20(26-25-19)31(29,30)28-12-22(13-28)6-7-27(5)11-22;1-13(2)16-10-15(22)11-17(14(3)4)18(16)23-19-24-20(30(21,27)28)25-26(19)12-29-8-9-31(5,6)7;1-9-3-2-7(6-9)4-8-5-7/h8-9,14-15H,6-7,10-13H2,1-5H3,(H,24,25);10-11,13-14H,8-9,12H2,1-7H3,(H,23,24,25);8H,2-6H2,1H3. The third-order valence-corrected chi connectivity index (χ3v) is 18.4. The Hall–Kier alpha value is -3.41. The molecule has 3 N–H and O–H groups in total. The van der Waals surface area contributed by atoms with E-state index in [9.17, 15) is 25.6 Å². The minimum atomic E-state index is -4.13. The highest BCUT2D eigenvalue weighted by Gasteiger charge is 2.52. The van der Waals surface area contributed by atoms with Crippen LogP contribution in [-0.2, 0) is 30.5 Å². The molecule has 16 nitrogen and oxygen atoms in total. The van der Waals surface area contributed by atoms with E-state index < -0.39 is 32.3 Å². The van der Waals surface area contributed by atoms with Gasteiger partial charge in [-0.15, -0.1) is 5.10 Å². The molecule has 0 atom stereocenters. The highest BCUT2D eigenvalue weighted by atomic mass is 35.7. The Morgan fingerprint density at radius 1 is 0.803 bits per heavy atom. The zero-order chi connectivity index (χ0) is 52.4. The number of halogens is 3. The summed E-state index contributed by atoms with van der Waals surface area (Å²) in [5.74, 6) is 0.262. The van der Waals surface area contributed by atoms with Gasteiger partial charge in [0.15, 0.2) is 5.04 Å². The number of sulfonamides is 1. The van der Waals surface area contributed by atoms with Gasteiger partial charge in [-0.3, -0.25) is 5.43 Å². The lowest BCUT2D eigenvalue weighted by Gasteiger charge is -2.46. The number of ether oxygens (including phenoxy) is 1. The molecular formula is C49H78ClF2N11O5S2Si. The Labute approximate surface area is 427 Å². The van der Waals surface area contributed by atoms with Crippen molar-refractivity contribution in [3.63, 3.8) is 0 Å². The number of nitrogens with one attached hydrogen (secondary N) is 3. The Morgan fingerprint density at radius 3 is 1.73 bits per heavy atom. The van der Waals surface area contributed by atoms with E-state index in [0.717, 1.165) is 47.8 Å². The van der Waals surface area contributed by atoms with Gasteiger partial charge in [-0.05, 0) is 116 Å². The van der Waals surface area contributed by atoms with Gasteiger partial charge in [0.2, 0.25) is 5.95 Å². The molecule has 0 amide bonds. The van der Waals surface area contributed by atoms with Gasteiger partial charge in [-0.1, -0.05) is 75.0 Å². The minimum Gasteiger partial charge on any atom is -0.359 e. The van der Waals surface area contributed by atoms with E-state index in [2.05, 4.69) is 74.8 Å². The third kappa shape index (κ3) is 14.3. The fourth-order valence-corrected chi connectivity index (χ4v) is 12.7. The topological polar surface area (TPSA) is 179 Å². The van der Waals surface area contributed by atoms with Gasteiger partial charge in [-0.2, -0.15) is 14.4 Å². The fraction of sp³-hybridized carbons (Fsp3) is 0.673. The van der Waals surface area contributed by atoms with Crippen molar-refractivity contribution in [3.8, 4) is 0 Å². The van der Waals surface area contributed by atoms with E-state index in [0.29, 0.717) is 42.3 Å². The zero-order valence-corrected chi connectivity index (χ0v) is 47.5. The Kier molecular flexibility index (Phi) is 18.1. The number of hydrogen-bond donors (Lipinski definition) is 3. The summed E-state index contributed by atoms with van der Waals surface area (Å²) in [6.07, 6.45) is 2.57. The average molecular weight is 1070 g/mol. The van der Waals surface area contributed by atoms with Crippen LogP contribution in [0.15, 0.2) is 39.5 Å². The largest absolute Gasteiger partial charge is 0.359 e. The molecule has 0 saturated carbocycles. The second-order valence-corrected chi connectivity index (χ2v) is 32.9. The van der Waals surface area contributed by atoms with Crippen LogP contribution in [-0.4, -0.2) is 138 Å². The molecule has 5 aliphatic heterocycles. The van der Waals surface area contributed by atoms with Crippen LogP contribution in [0, 0.1) is 22.5 Å². The SMILES string of the molecule is CC(C)c1cc(F)cc(C(C)C)c1N=C1CC(S(=O)(=O)N2CC3(CCN(C)C3)C2)=NN1.CC(C)c1cc(F)cc(C(C)C)c1Nc1nc(S(=O)(=O)Cl)nn1COCC[Si](C)(C)C.CN1CCC2(CNC2)C1. The molecular weight excluding hydrogens is 988 g/mol. The van der Waals surface area contributed by atoms with Crippen molar-refractivity contribution in [3.05, 3.63) is 58.2 Å². The maximum atomic E-state index is 14.2. The Bertz CT molecular complexity index is 2610. The third-order valence-electron chi connectivity index (χ3n) is 13.9. The molecule has 22 heteroatoms. The quantitative estimate of drug-likeness (QED) is 0.0795. The molecule has 5 aliphatic rings. The maximum Gasteiger partial charge on any atom is 0.298 e. The molecule has 4 saturated heterocycles. The van der Waals surface area contributed by atoms with E-state index in [-0.39, 0.29) is 64.9 Å². The van der Waals surface area contributed by atoms with Gasteiger partial charge in [-0.25, -0.2) is 35.3 Å². The second kappa shape index (κ2) is 22.6. The number of hydrogen-bond acceptors (Lipinski definition) is 13. The predicted octanol–water partition coefficient (Wildman–Crippen LogP) is 8.94. The molecule has 0 bridgehead atoms. The smallest absolute Gasteiger partial charge is 0.298 e. The fourth-order valence-electron chi connectivity index (χ4n) is 9.67. The van der Waals surface area contributed by atoms with Crippen LogP contribution in [0.2, 0.25) is 25.7 Å². The molecule has 4 fully saturated rings. The molecule has 0 aliphatic carbocycles. The highest BCUT2D eigenvalue weighted by molar-refractivity contribution is 8.13. The van der Waals surface area contributed by atoms with E-state index in [1.807, 2.05) is 55.4 Å². The van der Waals surface area contributed by atoms with Gasteiger partial charge in [0.05, 0.1) is 12.1 Å². The van der Waals surface area contributed by atoms with Crippen LogP contribution in [0.1, 0.15) is 121 Å². The minimum absolute atomic E-state index is 0.0153. The van der Waals surface area contributed by atoms with E-state index >= 15 is 0 Å². The number of anilines is 2. The molecule has 2 aromatic carbocycles. The van der Waals surface area contributed by atoms with Crippen molar-refractivity contribution in [2.75, 3.05) is 78.4 Å². The molecule has 396 valence electrons. The first kappa shape index (κ1) is 56.9. The van der Waals surface area contributed by atoms with Crippen LogP contribution in [0.5, 0.6) is 0 Å². The summed E-state index contributed by atoms with van der Waals surface area (Å²) in [6.45, 7) is 31.3. The van der Waals surface area contributed by atoms with E-state index in [4.69, 9.17) is 20.4 Å². The molecule has 6 heterocycles. The van der Waals surface area contributed by atoms with Crippen molar-refractivity contribution in [2.24, 2.45) is 20.9 Å². The molecule has 2 spiro atoms. The first-order valence-electron chi connectivity index (χ1n) is 24.9. The molecule has 0 radical (unpaired) electrons. The Balaban J connectivity index is 0.000000197. The number of nitrogens with zero attached hydrogens (tertiary/aromatic N) is 8. The first-order valence-corrected chi connectivity index (χ1v) is 32.3. The van der Waals surface area contributed by atoms with Gasteiger partial charge >= 0.3 is 0 Å². The molecule has 1 aromatic heterocycles. The van der Waals surface area contributed by atoms with Crippen LogP contribution in [0.4, 0.5) is 26.1 Å². The van der Waals surface area contributed by atoms with Crippen molar-refractivity contribution in [1.29, 1.82) is 0 Å². The van der Waals surface area contributed by atoms with Crippen LogP contribution >= 0.6 is 10.7 Å². The number of amidine groups is 1. The van der Waals surface area contributed by atoms with Gasteiger partial charge in [0.1, 0.15) is 24.2 Å².